The topological polar surface area (TPSA) is 242 Å². The highest BCUT2D eigenvalue weighted by Gasteiger charge is 2.50. The number of rotatable bonds is 15. The third-order valence-corrected chi connectivity index (χ3v) is 11.2. The molecule has 1 aromatic carbocycles. The van der Waals surface area contributed by atoms with Crippen LogP contribution in [0.15, 0.2) is 39.6 Å². The molecule has 18 heteroatoms. The molecular formula is C42H56BrN7O10. The van der Waals surface area contributed by atoms with E-state index >= 15 is 0 Å². The lowest BCUT2D eigenvalue weighted by atomic mass is 9.84. The van der Waals surface area contributed by atoms with Crippen LogP contribution in [0.3, 0.4) is 0 Å². The largest absolute Gasteiger partial charge is 0.449 e. The van der Waals surface area contributed by atoms with E-state index in [1.807, 2.05) is 24.3 Å². The Morgan fingerprint density at radius 3 is 2.45 bits per heavy atom. The minimum atomic E-state index is -1.73. The summed E-state index contributed by atoms with van der Waals surface area (Å²) >= 11 is 3.58. The fourth-order valence-electron chi connectivity index (χ4n) is 7.41. The Morgan fingerprint density at radius 2 is 1.80 bits per heavy atom. The first kappa shape index (κ1) is 46.0. The summed E-state index contributed by atoms with van der Waals surface area (Å²) in [6.07, 6.45) is -2.15. The van der Waals surface area contributed by atoms with Gasteiger partial charge in [-0.15, -0.1) is 0 Å². The van der Waals surface area contributed by atoms with E-state index in [4.69, 9.17) is 24.9 Å². The predicted octanol–water partition coefficient (Wildman–Crippen LogP) is 4.20. The Morgan fingerprint density at radius 1 is 1.08 bits per heavy atom. The second-order valence-electron chi connectivity index (χ2n) is 17.4. The van der Waals surface area contributed by atoms with E-state index in [0.29, 0.717) is 23.5 Å². The molecule has 2 aliphatic heterocycles. The lowest BCUT2D eigenvalue weighted by molar-refractivity contribution is -0.251. The van der Waals surface area contributed by atoms with Crippen molar-refractivity contribution in [3.63, 3.8) is 0 Å². The molecule has 5 rings (SSSR count). The third-order valence-electron chi connectivity index (χ3n) is 10.5. The first-order valence-corrected chi connectivity index (χ1v) is 20.8. The van der Waals surface area contributed by atoms with Crippen LogP contribution in [0.5, 0.6) is 0 Å². The normalized spacial score (nSPS) is 18.1. The van der Waals surface area contributed by atoms with Gasteiger partial charge in [-0.05, 0) is 75.6 Å². The molecule has 2 aliphatic rings. The van der Waals surface area contributed by atoms with Crippen LogP contribution in [-0.4, -0.2) is 81.6 Å². The van der Waals surface area contributed by atoms with Crippen LogP contribution < -0.4 is 32.6 Å². The summed E-state index contributed by atoms with van der Waals surface area (Å²) in [7, 11) is 0. The predicted molar refractivity (Wildman–Crippen MR) is 225 cm³/mol. The standard InChI is InChI=1S/C42H56BrN7O10/c1-9-42(26-17-30-33-23(16-24-27(43)12-10-13-28(24)47-33)19-50(30)36(54)25(26)20-58-37(42)55)59-31(51)18-41(7,8)21-46-34(52)29(14-11-15-45-38(44)56)48-35(53)32(22(2)3)49-39(57)60-40(4,5)6/h10,12-13,16-17,22,29,32,37,55H,9,11,14-15,18-21H2,1-8H3,(H,46,52)(H,48,53)(H,49,57)(H3,44,45,56). The zero-order chi connectivity index (χ0) is 44.3. The number of nitrogens with zero attached hydrogens (tertiary/aromatic N) is 2. The first-order valence-electron chi connectivity index (χ1n) is 20.0. The van der Waals surface area contributed by atoms with Crippen molar-refractivity contribution in [3.8, 4) is 11.4 Å². The zero-order valence-corrected chi connectivity index (χ0v) is 36.9. The van der Waals surface area contributed by atoms with Gasteiger partial charge in [-0.25, -0.2) is 14.6 Å². The Hall–Kier alpha value is -5.07. The number of hydrogen-bond acceptors (Lipinski definition) is 11. The van der Waals surface area contributed by atoms with E-state index in [1.165, 1.54) is 0 Å². The van der Waals surface area contributed by atoms with E-state index < -0.39 is 64.9 Å². The van der Waals surface area contributed by atoms with Gasteiger partial charge in [0.2, 0.25) is 11.8 Å². The summed E-state index contributed by atoms with van der Waals surface area (Å²) < 4.78 is 19.7. The van der Waals surface area contributed by atoms with Gasteiger partial charge >= 0.3 is 18.1 Å². The van der Waals surface area contributed by atoms with Crippen molar-refractivity contribution < 1.29 is 43.3 Å². The summed E-state index contributed by atoms with van der Waals surface area (Å²) in [4.78, 5) is 83.7. The molecule has 7 N–H and O–H groups in total. The summed E-state index contributed by atoms with van der Waals surface area (Å²) in [6, 6.07) is 6.57. The molecule has 17 nitrogen and oxygen atoms in total. The van der Waals surface area contributed by atoms with Crippen LogP contribution in [-0.2, 0) is 47.3 Å². The SMILES string of the molecule is CCC1(OC(=O)CC(C)(C)CNC(=O)C(CCCNC(N)=O)NC(=O)C(NC(=O)OC(C)(C)C)C(C)C)c2cc3n(c(=O)c2COC1O)Cc1cc2c(Br)cccc2nc1-3. The number of hydrogen-bond donors (Lipinski definition) is 6. The summed E-state index contributed by atoms with van der Waals surface area (Å²) in [6.45, 7) is 14.0. The van der Waals surface area contributed by atoms with Crippen LogP contribution in [0, 0.1) is 11.3 Å². The molecule has 0 radical (unpaired) electrons. The minimum absolute atomic E-state index is 0.0350. The Labute approximate surface area is 357 Å². The quantitative estimate of drug-likeness (QED) is 0.0730. The summed E-state index contributed by atoms with van der Waals surface area (Å²) in [5.74, 6) is -2.27. The van der Waals surface area contributed by atoms with Gasteiger partial charge in [0, 0.05) is 34.1 Å². The third kappa shape index (κ3) is 10.4. The number of carbonyl (C=O) groups excluding carboxylic acids is 5. The van der Waals surface area contributed by atoms with Gasteiger partial charge in [-0.2, -0.15) is 0 Å². The fourth-order valence-corrected chi connectivity index (χ4v) is 7.88. The van der Waals surface area contributed by atoms with Crippen molar-refractivity contribution in [2.24, 2.45) is 17.1 Å². The molecule has 0 fully saturated rings. The van der Waals surface area contributed by atoms with Gasteiger partial charge < -0.3 is 50.9 Å². The van der Waals surface area contributed by atoms with Gasteiger partial charge in [-0.3, -0.25) is 19.2 Å². The van der Waals surface area contributed by atoms with E-state index in [1.54, 1.807) is 66.0 Å². The van der Waals surface area contributed by atoms with Gasteiger partial charge in [0.1, 0.15) is 17.7 Å². The number of pyridine rings is 2. The highest BCUT2D eigenvalue weighted by Crippen LogP contribution is 2.43. The van der Waals surface area contributed by atoms with Gasteiger partial charge in [0.05, 0.1) is 42.0 Å². The Bertz CT molecular complexity index is 2220. The average molecular weight is 899 g/mol. The molecule has 0 saturated carbocycles. The second-order valence-corrected chi connectivity index (χ2v) is 18.3. The number of carbonyl (C=O) groups is 5. The molecule has 4 heterocycles. The van der Waals surface area contributed by atoms with Crippen LogP contribution in [0.2, 0.25) is 0 Å². The zero-order valence-electron chi connectivity index (χ0n) is 35.3. The maximum atomic E-state index is 14.0. The minimum Gasteiger partial charge on any atom is -0.449 e. The van der Waals surface area contributed by atoms with Gasteiger partial charge in [0.25, 0.3) is 5.56 Å². The van der Waals surface area contributed by atoms with E-state index in [2.05, 4.69) is 37.2 Å². The number of fused-ring (bicyclic) bond motifs is 5. The number of aliphatic hydroxyl groups excluding tert-OH is 1. The second kappa shape index (κ2) is 18.3. The molecule has 3 aromatic rings. The molecule has 60 heavy (non-hydrogen) atoms. The number of esters is 1. The molecule has 5 amide bonds. The number of halogens is 1. The molecule has 4 atom stereocenters. The number of ether oxygens (including phenoxy) is 3. The number of primary amides is 1. The molecule has 0 aliphatic carbocycles. The van der Waals surface area contributed by atoms with Gasteiger partial charge in [0.15, 0.2) is 11.9 Å². The van der Waals surface area contributed by atoms with Crippen LogP contribution in [0.25, 0.3) is 22.3 Å². The van der Waals surface area contributed by atoms with E-state index in [-0.39, 0.29) is 62.4 Å². The number of aliphatic hydroxyl groups is 1. The summed E-state index contributed by atoms with van der Waals surface area (Å²) in [5, 5.41) is 22.8. The number of nitrogens with one attached hydrogen (secondary N) is 4. The highest BCUT2D eigenvalue weighted by atomic mass is 79.9. The first-order chi connectivity index (χ1) is 28.1. The van der Waals surface area contributed by atoms with Crippen molar-refractivity contribution in [1.29, 1.82) is 0 Å². The van der Waals surface area contributed by atoms with Crippen LogP contribution in [0.1, 0.15) is 97.8 Å². The average Bonchev–Trinajstić information content (AvgIpc) is 3.51. The van der Waals surface area contributed by atoms with Crippen LogP contribution >= 0.6 is 15.9 Å². The molecule has 0 saturated heterocycles. The maximum Gasteiger partial charge on any atom is 0.408 e. The number of aromatic nitrogens is 2. The Kier molecular flexibility index (Phi) is 14.0. The number of amides is 5. The molecular weight excluding hydrogens is 842 g/mol. The number of urea groups is 1. The van der Waals surface area contributed by atoms with Crippen molar-refractivity contribution >= 4 is 56.7 Å². The monoisotopic (exact) mass is 897 g/mol. The smallest absolute Gasteiger partial charge is 0.408 e. The number of benzene rings is 1. The fraction of sp³-hybridized carbons (Fsp3) is 0.548. The van der Waals surface area contributed by atoms with Crippen LogP contribution in [0.4, 0.5) is 9.59 Å². The molecule has 0 bridgehead atoms. The Balaban J connectivity index is 1.31. The van der Waals surface area contributed by atoms with E-state index in [9.17, 15) is 33.9 Å². The highest BCUT2D eigenvalue weighted by molar-refractivity contribution is 9.10. The van der Waals surface area contributed by atoms with Crippen molar-refractivity contribution in [3.05, 3.63) is 61.8 Å². The number of alkyl carbamates (subject to hydrolysis) is 1. The lowest BCUT2D eigenvalue weighted by Gasteiger charge is -2.41. The maximum absolute atomic E-state index is 14.0. The van der Waals surface area contributed by atoms with Crippen molar-refractivity contribution in [2.45, 2.75) is 124 Å². The number of nitrogens with two attached hydrogens (primary N) is 1. The van der Waals surface area contributed by atoms with Crippen molar-refractivity contribution in [1.82, 2.24) is 30.8 Å². The molecule has 4 unspecified atom stereocenters. The molecule has 326 valence electrons. The summed E-state index contributed by atoms with van der Waals surface area (Å²) in [5.41, 5.74) is 4.76. The van der Waals surface area contributed by atoms with Crippen molar-refractivity contribution in [2.75, 3.05) is 13.1 Å². The molecule has 0 spiro atoms. The molecule has 2 aromatic heterocycles. The van der Waals surface area contributed by atoms with E-state index in [0.717, 1.165) is 20.9 Å². The van der Waals surface area contributed by atoms with Gasteiger partial charge in [-0.1, -0.05) is 56.6 Å². The lowest BCUT2D eigenvalue weighted by Crippen LogP contribution is -2.56.